The van der Waals surface area contributed by atoms with Gasteiger partial charge < -0.3 is 15.0 Å². The molecule has 0 spiro atoms. The molecule has 0 radical (unpaired) electrons. The zero-order valence-corrected chi connectivity index (χ0v) is 36.8. The van der Waals surface area contributed by atoms with Gasteiger partial charge in [-0.2, -0.15) is 9.78 Å². The molecule has 1 N–H and O–H groups in total. The van der Waals surface area contributed by atoms with E-state index in [0.29, 0.717) is 34.0 Å². The molecule has 7 heterocycles. The lowest BCUT2D eigenvalue weighted by Gasteiger charge is -2.28. The first-order valence-electron chi connectivity index (χ1n) is 21.6. The second kappa shape index (κ2) is 16.2. The van der Waals surface area contributed by atoms with Crippen LogP contribution in [0.15, 0.2) is 110 Å². The van der Waals surface area contributed by atoms with Crippen molar-refractivity contribution in [3.8, 4) is 66.9 Å². The summed E-state index contributed by atoms with van der Waals surface area (Å²) in [6.45, 7) is 3.90. The van der Waals surface area contributed by atoms with Crippen LogP contribution in [0.5, 0.6) is 5.75 Å². The monoisotopic (exact) mass is 865 g/mol. The Morgan fingerprint density at radius 1 is 0.766 bits per heavy atom. The lowest BCUT2D eigenvalue weighted by molar-refractivity contribution is -0.687. The first-order valence-corrected chi connectivity index (χ1v) is 22.4. The number of carbonyl (C=O) groups is 1. The third-order valence-corrected chi connectivity index (χ3v) is 13.2. The highest BCUT2D eigenvalue weighted by Gasteiger charge is 2.37. The van der Waals surface area contributed by atoms with Gasteiger partial charge in [-0.3, -0.25) is 9.48 Å². The Morgan fingerprint density at radius 2 is 1.48 bits per heavy atom. The highest BCUT2D eigenvalue weighted by molar-refractivity contribution is 7.15. The van der Waals surface area contributed by atoms with Crippen LogP contribution in [0.3, 0.4) is 0 Å². The Labute approximate surface area is 373 Å². The molecule has 1 aliphatic carbocycles. The molecule has 2 fully saturated rings. The van der Waals surface area contributed by atoms with Gasteiger partial charge in [-0.1, -0.05) is 71.4 Å². The molecular formula is C49H45N12O2S+. The fourth-order valence-corrected chi connectivity index (χ4v) is 9.81. The molecule has 14 nitrogen and oxygen atoms in total. The summed E-state index contributed by atoms with van der Waals surface area (Å²) in [5, 5.41) is 9.82. The Bertz CT molecular complexity index is 3220. The van der Waals surface area contributed by atoms with Crippen molar-refractivity contribution < 1.29 is 14.2 Å². The minimum absolute atomic E-state index is 0.0615. The van der Waals surface area contributed by atoms with Crippen molar-refractivity contribution in [1.82, 2.24) is 49.3 Å². The van der Waals surface area contributed by atoms with Crippen LogP contribution in [-0.2, 0) is 11.8 Å². The number of hydrogen-bond acceptors (Lipinski definition) is 11. The summed E-state index contributed by atoms with van der Waals surface area (Å²) in [6.07, 6.45) is 13.1. The molecule has 1 amide bonds. The number of pyridine rings is 1. The predicted molar refractivity (Wildman–Crippen MR) is 248 cm³/mol. The third kappa shape index (κ3) is 7.15. The minimum atomic E-state index is -0.0794. The normalized spacial score (nSPS) is 14.7. The van der Waals surface area contributed by atoms with E-state index in [1.165, 1.54) is 0 Å². The molecule has 0 unspecified atom stereocenters. The number of aryl methyl sites for hydroxylation is 2. The molecule has 1 saturated carbocycles. The van der Waals surface area contributed by atoms with Crippen molar-refractivity contribution in [1.29, 1.82) is 0 Å². The third-order valence-electron chi connectivity index (χ3n) is 12.3. The summed E-state index contributed by atoms with van der Waals surface area (Å²) in [5.74, 6) is 0.601. The van der Waals surface area contributed by atoms with Crippen LogP contribution in [0.1, 0.15) is 36.7 Å². The van der Waals surface area contributed by atoms with Gasteiger partial charge >= 0.3 is 5.69 Å². The van der Waals surface area contributed by atoms with Gasteiger partial charge in [0.05, 0.1) is 51.7 Å². The van der Waals surface area contributed by atoms with Gasteiger partial charge in [0, 0.05) is 54.3 Å². The number of likely N-dealkylation sites (tertiary alicyclic amines) is 1. The van der Waals surface area contributed by atoms with E-state index >= 15 is 0 Å². The number of piperidine rings is 1. The molecule has 64 heavy (non-hydrogen) atoms. The zero-order chi connectivity index (χ0) is 43.5. The smallest absolute Gasteiger partial charge is 0.309 e. The molecule has 6 aromatic heterocycles. The van der Waals surface area contributed by atoms with E-state index in [-0.39, 0.29) is 17.9 Å². The maximum absolute atomic E-state index is 13.6. The molecule has 0 bridgehead atoms. The van der Waals surface area contributed by atoms with E-state index in [1.807, 2.05) is 61.2 Å². The quantitative estimate of drug-likeness (QED) is 0.133. The Morgan fingerprint density at radius 3 is 2.22 bits per heavy atom. The largest absolute Gasteiger partial charge is 0.488 e. The fourth-order valence-electron chi connectivity index (χ4n) is 8.87. The van der Waals surface area contributed by atoms with Gasteiger partial charge in [0.2, 0.25) is 17.9 Å². The number of ether oxygens (including phenoxy) is 1. The number of hydrogen-bond donors (Lipinski definition) is 1. The Hall–Kier alpha value is -7.23. The lowest BCUT2D eigenvalue weighted by atomic mass is 10.0. The molecule has 0 atom stereocenters. The van der Waals surface area contributed by atoms with Crippen LogP contribution in [0.25, 0.3) is 83.1 Å². The predicted octanol–water partition coefficient (Wildman–Crippen LogP) is 8.50. The van der Waals surface area contributed by atoms with Gasteiger partial charge in [0.1, 0.15) is 29.6 Å². The van der Waals surface area contributed by atoms with E-state index < -0.39 is 0 Å². The number of nitrogens with zero attached hydrogens (tertiary/aromatic N) is 11. The number of nitrogens with one attached hydrogen (secondary N) is 1. The number of carbonyl (C=O) groups excluding carboxylic acids is 1. The summed E-state index contributed by atoms with van der Waals surface area (Å²) in [4.78, 5) is 46.4. The van der Waals surface area contributed by atoms with Crippen molar-refractivity contribution in [3.05, 3.63) is 115 Å². The van der Waals surface area contributed by atoms with Crippen LogP contribution in [-0.4, -0.2) is 82.4 Å². The number of anilines is 1. The van der Waals surface area contributed by atoms with Gasteiger partial charge in [-0.15, -0.1) is 11.3 Å². The summed E-state index contributed by atoms with van der Waals surface area (Å²) in [6, 6.07) is 26.8. The molecular weight excluding hydrogens is 821 g/mol. The van der Waals surface area contributed by atoms with Crippen LogP contribution >= 0.6 is 11.3 Å². The summed E-state index contributed by atoms with van der Waals surface area (Å²) < 4.78 is 12.6. The van der Waals surface area contributed by atoms with Crippen molar-refractivity contribution in [3.63, 3.8) is 0 Å². The number of amides is 1. The van der Waals surface area contributed by atoms with E-state index in [4.69, 9.17) is 39.7 Å². The zero-order valence-electron chi connectivity index (χ0n) is 35.9. The summed E-state index contributed by atoms with van der Waals surface area (Å²) in [5.41, 5.74) is 10.6. The van der Waals surface area contributed by atoms with Crippen molar-refractivity contribution in [2.45, 2.75) is 38.6 Å². The molecule has 2 aliphatic rings. The summed E-state index contributed by atoms with van der Waals surface area (Å²) >= 11 is 1.56. The van der Waals surface area contributed by atoms with E-state index in [9.17, 15) is 4.79 Å². The number of aromatic nitrogens is 10. The molecule has 9 aromatic rings. The van der Waals surface area contributed by atoms with Crippen LogP contribution < -0.4 is 14.7 Å². The van der Waals surface area contributed by atoms with Crippen molar-refractivity contribution >= 4 is 45.0 Å². The average Bonchev–Trinajstić information content (AvgIpc) is 3.80. The summed E-state index contributed by atoms with van der Waals surface area (Å²) in [7, 11) is 5.72. The van der Waals surface area contributed by atoms with Crippen molar-refractivity contribution in [2.75, 3.05) is 32.6 Å². The molecule has 3 aromatic carbocycles. The first kappa shape index (κ1) is 39.6. The van der Waals surface area contributed by atoms with Crippen LogP contribution in [0, 0.1) is 12.8 Å². The van der Waals surface area contributed by atoms with Crippen LogP contribution in [0.2, 0.25) is 0 Å². The second-order valence-corrected chi connectivity index (χ2v) is 17.9. The number of benzene rings is 3. The maximum atomic E-state index is 13.6. The Kier molecular flexibility index (Phi) is 10.00. The topological polar surface area (TPSA) is 146 Å². The van der Waals surface area contributed by atoms with Gasteiger partial charge in [-0.05, 0) is 57.4 Å². The molecule has 318 valence electrons. The fraction of sp³-hybridized carbons (Fsp3) is 0.245. The first-order chi connectivity index (χ1) is 31.3. The number of rotatable bonds is 10. The SMILES string of the molecule is COc1c(NC(=O)C2CC2)nc2c(-c3sc(C)nc3-c3ccccc3)ncnc2c1-[n+]1cc(-c2ccc3c(-c4cn(C)nc4-c4ccccc4)ncnc3c2)cn1C1CCN(C)CC1. The molecule has 11 rings (SSSR count). The van der Waals surface area contributed by atoms with E-state index in [0.717, 1.165) is 104 Å². The second-order valence-electron chi connectivity index (χ2n) is 16.7. The van der Waals surface area contributed by atoms with Gasteiger partial charge in [0.15, 0.2) is 11.3 Å². The average molecular weight is 866 g/mol. The van der Waals surface area contributed by atoms with E-state index in [2.05, 4.69) is 81.5 Å². The van der Waals surface area contributed by atoms with E-state index in [1.54, 1.807) is 31.1 Å². The Balaban J connectivity index is 1.11. The van der Waals surface area contributed by atoms with Crippen LogP contribution in [0.4, 0.5) is 5.82 Å². The molecule has 1 saturated heterocycles. The van der Waals surface area contributed by atoms with Crippen molar-refractivity contribution in [2.24, 2.45) is 13.0 Å². The standard InChI is InChI=1S/C49H44N12O2S/c1-29-54-40(31-13-9-6-10-14-31)47(64-29)44-42-43(52-28-53-44)45(46(63-4)48(55-42)56-49(62)32-15-16-32)61-25-34(24-60(61)35-19-21-58(2)22-20-35)33-17-18-36-38(23-33)50-27-51-41(36)37-26-59(3)57-39(37)30-11-7-5-8-12-30/h5-14,17-18,23-28,32,35H,15-16,19-22H2,1-4H3/p+1. The number of thiazole rings is 1. The molecule has 15 heteroatoms. The highest BCUT2D eigenvalue weighted by Crippen LogP contribution is 2.43. The maximum Gasteiger partial charge on any atom is 0.309 e. The highest BCUT2D eigenvalue weighted by atomic mass is 32.1. The van der Waals surface area contributed by atoms with Gasteiger partial charge in [0.25, 0.3) is 0 Å². The number of fused-ring (bicyclic) bond motifs is 2. The minimum Gasteiger partial charge on any atom is -0.488 e. The lowest BCUT2D eigenvalue weighted by Crippen LogP contribution is -2.45. The molecule has 1 aliphatic heterocycles. The van der Waals surface area contributed by atoms with Gasteiger partial charge in [-0.25, -0.2) is 29.9 Å². The number of methoxy groups -OCH3 is 1.